The van der Waals surface area contributed by atoms with Crippen LogP contribution in [0, 0.1) is 17.2 Å². The van der Waals surface area contributed by atoms with Crippen LogP contribution in [0.1, 0.15) is 17.3 Å². The number of rotatable bonds is 5. The summed E-state index contributed by atoms with van der Waals surface area (Å²) in [4.78, 5) is 13.9. The van der Waals surface area contributed by atoms with Crippen molar-refractivity contribution in [1.29, 1.82) is 5.26 Å². The number of benzene rings is 1. The van der Waals surface area contributed by atoms with Crippen molar-refractivity contribution in [1.82, 2.24) is 4.90 Å². The van der Waals surface area contributed by atoms with Gasteiger partial charge in [0.1, 0.15) is 17.1 Å². The highest BCUT2D eigenvalue weighted by atomic mass is 16.5. The molecule has 1 rings (SSSR count). The first-order valence-corrected chi connectivity index (χ1v) is 5.91. The molecule has 0 bridgehead atoms. The number of nitriles is 1. The van der Waals surface area contributed by atoms with Crippen molar-refractivity contribution in [3.05, 3.63) is 23.8 Å². The lowest BCUT2D eigenvalue weighted by molar-refractivity contribution is 0.0778. The van der Waals surface area contributed by atoms with Crippen LogP contribution >= 0.6 is 0 Å². The van der Waals surface area contributed by atoms with Gasteiger partial charge in [-0.05, 0) is 19.1 Å². The molecule has 0 aliphatic rings. The lowest BCUT2D eigenvalue weighted by atomic mass is 10.1. The van der Waals surface area contributed by atoms with E-state index in [-0.39, 0.29) is 11.8 Å². The maximum absolute atomic E-state index is 12.4. The summed E-state index contributed by atoms with van der Waals surface area (Å²) in [7, 11) is 4.66. The third-order valence-corrected chi connectivity index (χ3v) is 2.76. The molecular formula is C14H18N2O3. The molecule has 0 aliphatic carbocycles. The summed E-state index contributed by atoms with van der Waals surface area (Å²) >= 11 is 0. The fourth-order valence-corrected chi connectivity index (χ4v) is 1.79. The van der Waals surface area contributed by atoms with Gasteiger partial charge in [-0.2, -0.15) is 5.26 Å². The van der Waals surface area contributed by atoms with Crippen molar-refractivity contribution < 1.29 is 14.3 Å². The van der Waals surface area contributed by atoms with Crippen molar-refractivity contribution >= 4 is 5.91 Å². The first kappa shape index (κ1) is 14.8. The van der Waals surface area contributed by atoms with Gasteiger partial charge in [-0.1, -0.05) is 6.07 Å². The van der Waals surface area contributed by atoms with Crippen LogP contribution in [0.25, 0.3) is 0 Å². The van der Waals surface area contributed by atoms with Crippen molar-refractivity contribution in [2.75, 3.05) is 27.8 Å². The number of methoxy groups -OCH3 is 2. The highest BCUT2D eigenvalue weighted by Crippen LogP contribution is 2.29. The average Bonchev–Trinajstić information content (AvgIpc) is 2.44. The van der Waals surface area contributed by atoms with E-state index in [0.29, 0.717) is 23.6 Å². The summed E-state index contributed by atoms with van der Waals surface area (Å²) in [6, 6.07) is 7.27. The SMILES string of the molecule is COc1cccc(OC)c1C(=O)N(C)CC(C)C#N. The molecule has 0 saturated heterocycles. The fourth-order valence-electron chi connectivity index (χ4n) is 1.79. The minimum absolute atomic E-state index is 0.226. The number of amides is 1. The molecule has 19 heavy (non-hydrogen) atoms. The Hall–Kier alpha value is -2.22. The highest BCUT2D eigenvalue weighted by Gasteiger charge is 2.22. The molecule has 0 fully saturated rings. The maximum Gasteiger partial charge on any atom is 0.261 e. The number of hydrogen-bond donors (Lipinski definition) is 0. The van der Waals surface area contributed by atoms with Gasteiger partial charge in [-0.25, -0.2) is 0 Å². The summed E-state index contributed by atoms with van der Waals surface area (Å²) in [6.07, 6.45) is 0. The number of ether oxygens (including phenoxy) is 2. The quantitative estimate of drug-likeness (QED) is 0.813. The van der Waals surface area contributed by atoms with Crippen molar-refractivity contribution in [2.24, 2.45) is 5.92 Å². The average molecular weight is 262 g/mol. The molecule has 1 atom stereocenters. The molecule has 0 N–H and O–H groups in total. The number of carbonyl (C=O) groups excluding carboxylic acids is 1. The van der Waals surface area contributed by atoms with Gasteiger partial charge in [0, 0.05) is 13.6 Å². The van der Waals surface area contributed by atoms with Gasteiger partial charge in [0.05, 0.1) is 26.2 Å². The molecule has 0 aliphatic heterocycles. The Morgan fingerprint density at radius 1 is 1.37 bits per heavy atom. The third-order valence-electron chi connectivity index (χ3n) is 2.76. The molecule has 0 heterocycles. The topological polar surface area (TPSA) is 62.6 Å². The third kappa shape index (κ3) is 3.38. The number of carbonyl (C=O) groups is 1. The van der Waals surface area contributed by atoms with Crippen molar-refractivity contribution in [3.63, 3.8) is 0 Å². The van der Waals surface area contributed by atoms with E-state index in [1.54, 1.807) is 32.2 Å². The largest absolute Gasteiger partial charge is 0.496 e. The van der Waals surface area contributed by atoms with Crippen LogP contribution < -0.4 is 9.47 Å². The molecule has 1 unspecified atom stereocenters. The second-order valence-corrected chi connectivity index (χ2v) is 4.25. The summed E-state index contributed by atoms with van der Waals surface area (Å²) < 4.78 is 10.4. The van der Waals surface area contributed by atoms with E-state index in [4.69, 9.17) is 14.7 Å². The molecule has 0 saturated carbocycles. The van der Waals surface area contributed by atoms with Gasteiger partial charge in [-0.3, -0.25) is 4.79 Å². The monoisotopic (exact) mass is 262 g/mol. The summed E-state index contributed by atoms with van der Waals surface area (Å²) in [6.45, 7) is 2.12. The zero-order chi connectivity index (χ0) is 14.4. The summed E-state index contributed by atoms with van der Waals surface area (Å²) in [5, 5.41) is 8.80. The van der Waals surface area contributed by atoms with Gasteiger partial charge >= 0.3 is 0 Å². The van der Waals surface area contributed by atoms with Gasteiger partial charge in [0.25, 0.3) is 5.91 Å². The Kier molecular flexibility index (Phi) is 5.19. The molecule has 1 aromatic carbocycles. The van der Waals surface area contributed by atoms with Gasteiger partial charge in [-0.15, -0.1) is 0 Å². The normalized spacial score (nSPS) is 11.3. The summed E-state index contributed by atoms with van der Waals surface area (Å²) in [5.41, 5.74) is 0.375. The molecule has 1 amide bonds. The molecule has 5 heteroatoms. The molecule has 102 valence electrons. The van der Waals surface area contributed by atoms with Crippen molar-refractivity contribution in [3.8, 4) is 17.6 Å². The Balaban J connectivity index is 3.08. The Morgan fingerprint density at radius 2 is 1.89 bits per heavy atom. The molecule has 0 radical (unpaired) electrons. The van der Waals surface area contributed by atoms with Crippen LogP contribution in [-0.4, -0.2) is 38.6 Å². The van der Waals surface area contributed by atoms with Gasteiger partial charge in [0.2, 0.25) is 0 Å². The van der Waals surface area contributed by atoms with E-state index in [9.17, 15) is 4.79 Å². The number of nitrogens with zero attached hydrogens (tertiary/aromatic N) is 2. The molecular weight excluding hydrogens is 244 g/mol. The van der Waals surface area contributed by atoms with E-state index in [2.05, 4.69) is 6.07 Å². The lowest BCUT2D eigenvalue weighted by Gasteiger charge is -2.21. The zero-order valence-electron chi connectivity index (χ0n) is 11.6. The van der Waals surface area contributed by atoms with Crippen LogP contribution in [0.2, 0.25) is 0 Å². The van der Waals surface area contributed by atoms with E-state index >= 15 is 0 Å². The molecule has 0 spiro atoms. The van der Waals surface area contributed by atoms with Crippen molar-refractivity contribution in [2.45, 2.75) is 6.92 Å². The Labute approximate surface area is 113 Å². The van der Waals surface area contributed by atoms with E-state index in [1.807, 2.05) is 0 Å². The first-order chi connectivity index (χ1) is 9.04. The molecule has 5 nitrogen and oxygen atoms in total. The fraction of sp³-hybridized carbons (Fsp3) is 0.429. The van der Waals surface area contributed by atoms with Crippen LogP contribution in [0.3, 0.4) is 0 Å². The van der Waals surface area contributed by atoms with Gasteiger partial charge < -0.3 is 14.4 Å². The second-order valence-electron chi connectivity index (χ2n) is 4.25. The van der Waals surface area contributed by atoms with Gasteiger partial charge in [0.15, 0.2) is 0 Å². The minimum Gasteiger partial charge on any atom is -0.496 e. The van der Waals surface area contributed by atoms with E-state index in [1.165, 1.54) is 19.1 Å². The zero-order valence-corrected chi connectivity index (χ0v) is 11.6. The van der Waals surface area contributed by atoms with E-state index < -0.39 is 0 Å². The van der Waals surface area contributed by atoms with Crippen LogP contribution in [0.15, 0.2) is 18.2 Å². The standard InChI is InChI=1S/C14H18N2O3/c1-10(8-15)9-16(2)14(17)13-11(18-3)6-5-7-12(13)19-4/h5-7,10H,9H2,1-4H3. The maximum atomic E-state index is 12.4. The highest BCUT2D eigenvalue weighted by molar-refractivity contribution is 5.99. The van der Waals surface area contributed by atoms with Crippen LogP contribution in [-0.2, 0) is 0 Å². The Morgan fingerprint density at radius 3 is 2.32 bits per heavy atom. The summed E-state index contributed by atoms with van der Waals surface area (Å²) in [5.74, 6) is 0.465. The lowest BCUT2D eigenvalue weighted by Crippen LogP contribution is -2.31. The van der Waals surface area contributed by atoms with Crippen LogP contribution in [0.5, 0.6) is 11.5 Å². The van der Waals surface area contributed by atoms with E-state index in [0.717, 1.165) is 0 Å². The minimum atomic E-state index is -0.227. The smallest absolute Gasteiger partial charge is 0.261 e. The number of hydrogen-bond acceptors (Lipinski definition) is 4. The predicted molar refractivity (Wildman–Crippen MR) is 71.3 cm³/mol. The molecule has 1 aromatic rings. The molecule has 0 aromatic heterocycles. The second kappa shape index (κ2) is 6.64. The van der Waals surface area contributed by atoms with Crippen LogP contribution in [0.4, 0.5) is 0 Å². The predicted octanol–water partition coefficient (Wildman–Crippen LogP) is 1.94. The first-order valence-electron chi connectivity index (χ1n) is 5.91. The Bertz CT molecular complexity index is 472.